The molecule has 3 rings (SSSR count). The van der Waals surface area contributed by atoms with Gasteiger partial charge in [-0.05, 0) is 55.7 Å². The summed E-state index contributed by atoms with van der Waals surface area (Å²) in [4.78, 5) is 12.8. The molecule has 172 valence electrons. The Kier molecular flexibility index (Phi) is 10.8. The van der Waals surface area contributed by atoms with Gasteiger partial charge in [0.25, 0.3) is 0 Å². The number of aliphatic imine (C=N–C) groups is 1. The van der Waals surface area contributed by atoms with E-state index in [2.05, 4.69) is 31.7 Å². The van der Waals surface area contributed by atoms with Gasteiger partial charge in [-0.15, -0.1) is 24.0 Å². The van der Waals surface area contributed by atoms with Gasteiger partial charge in [-0.3, -0.25) is 9.56 Å². The fourth-order valence-corrected chi connectivity index (χ4v) is 3.09. The van der Waals surface area contributed by atoms with Crippen LogP contribution in [0.5, 0.6) is 11.5 Å². The molecule has 0 atom stereocenters. The highest BCUT2D eigenvalue weighted by Gasteiger charge is 2.07. The molecular weight excluding hydrogens is 519 g/mol. The van der Waals surface area contributed by atoms with E-state index in [9.17, 15) is 0 Å². The largest absolute Gasteiger partial charge is 0.490 e. The van der Waals surface area contributed by atoms with Crippen LogP contribution in [0, 0.1) is 0 Å². The summed E-state index contributed by atoms with van der Waals surface area (Å²) in [6.45, 7) is 6.55. The highest BCUT2D eigenvalue weighted by molar-refractivity contribution is 14.0. The van der Waals surface area contributed by atoms with E-state index in [1.165, 1.54) is 5.56 Å². The number of imidazole rings is 1. The number of nitrogens with zero attached hydrogens (tertiary/aromatic N) is 4. The first kappa shape index (κ1) is 25.4. The number of guanidine groups is 1. The average molecular weight is 550 g/mol. The Morgan fingerprint density at radius 3 is 2.53 bits per heavy atom. The first-order chi connectivity index (χ1) is 15.2. The molecule has 0 aliphatic carbocycles. The molecule has 0 aliphatic heterocycles. The van der Waals surface area contributed by atoms with Gasteiger partial charge in [0.05, 0.1) is 13.2 Å². The number of hydrogen-bond acceptors (Lipinski definition) is 5. The summed E-state index contributed by atoms with van der Waals surface area (Å²) in [7, 11) is 1.77. The molecule has 0 amide bonds. The minimum Gasteiger partial charge on any atom is -0.490 e. The van der Waals surface area contributed by atoms with Crippen molar-refractivity contribution in [3.05, 3.63) is 66.4 Å². The van der Waals surface area contributed by atoms with Crippen LogP contribution in [0.15, 0.2) is 60.2 Å². The number of halogens is 1. The fraction of sp³-hybridized carbons (Fsp3) is 0.348. The van der Waals surface area contributed by atoms with Gasteiger partial charge >= 0.3 is 0 Å². The van der Waals surface area contributed by atoms with Crippen molar-refractivity contribution in [1.29, 1.82) is 0 Å². The van der Waals surface area contributed by atoms with Gasteiger partial charge in [-0.1, -0.05) is 6.07 Å². The van der Waals surface area contributed by atoms with Crippen molar-refractivity contribution >= 4 is 29.9 Å². The standard InChI is InChI=1S/C23H30N6O2.HI/c1-4-30-20-7-6-18(14-21(20)31-5-2)8-11-27-23(24-3)28-16-19-9-10-26-22(15-19)29-13-12-25-17-29;/h6-7,9-10,12-15,17H,4-5,8,11,16H2,1-3H3,(H2,24,27,28);1H. The zero-order valence-corrected chi connectivity index (χ0v) is 21.1. The molecule has 0 saturated carbocycles. The van der Waals surface area contributed by atoms with E-state index in [1.54, 1.807) is 25.8 Å². The van der Waals surface area contributed by atoms with Crippen LogP contribution in [0.2, 0.25) is 0 Å². The summed E-state index contributed by atoms with van der Waals surface area (Å²) in [6.07, 6.45) is 7.98. The first-order valence-corrected chi connectivity index (χ1v) is 10.5. The van der Waals surface area contributed by atoms with Crippen molar-refractivity contribution in [2.75, 3.05) is 26.8 Å². The maximum absolute atomic E-state index is 5.71. The lowest BCUT2D eigenvalue weighted by atomic mass is 10.1. The van der Waals surface area contributed by atoms with Crippen molar-refractivity contribution in [2.45, 2.75) is 26.8 Å². The summed E-state index contributed by atoms with van der Waals surface area (Å²) in [5, 5.41) is 6.70. The topological polar surface area (TPSA) is 85.6 Å². The highest BCUT2D eigenvalue weighted by atomic mass is 127. The third-order valence-corrected chi connectivity index (χ3v) is 4.58. The summed E-state index contributed by atoms with van der Waals surface area (Å²) >= 11 is 0. The van der Waals surface area contributed by atoms with Crippen LogP contribution in [0.3, 0.4) is 0 Å². The number of hydrogen-bond donors (Lipinski definition) is 2. The third kappa shape index (κ3) is 7.40. The number of benzene rings is 1. The quantitative estimate of drug-likeness (QED) is 0.228. The van der Waals surface area contributed by atoms with Gasteiger partial charge in [0.15, 0.2) is 17.5 Å². The van der Waals surface area contributed by atoms with Gasteiger partial charge in [0.1, 0.15) is 12.1 Å². The van der Waals surface area contributed by atoms with Gasteiger partial charge in [0, 0.05) is 38.7 Å². The van der Waals surface area contributed by atoms with Crippen LogP contribution in [0.1, 0.15) is 25.0 Å². The van der Waals surface area contributed by atoms with E-state index >= 15 is 0 Å². The Morgan fingerprint density at radius 2 is 1.81 bits per heavy atom. The highest BCUT2D eigenvalue weighted by Crippen LogP contribution is 2.28. The first-order valence-electron chi connectivity index (χ1n) is 10.5. The van der Waals surface area contributed by atoms with E-state index in [0.717, 1.165) is 41.8 Å². The second-order valence-corrected chi connectivity index (χ2v) is 6.74. The van der Waals surface area contributed by atoms with Crippen LogP contribution in [-0.4, -0.2) is 47.3 Å². The molecule has 0 aliphatic rings. The number of ether oxygens (including phenoxy) is 2. The summed E-state index contributed by atoms with van der Waals surface area (Å²) in [5.41, 5.74) is 2.28. The molecule has 2 heterocycles. The normalized spacial score (nSPS) is 10.9. The SMILES string of the molecule is CCOc1ccc(CCNC(=NC)NCc2ccnc(-n3ccnc3)c2)cc1OCC.I. The van der Waals surface area contributed by atoms with Crippen molar-refractivity contribution in [3.63, 3.8) is 0 Å². The van der Waals surface area contributed by atoms with E-state index in [0.29, 0.717) is 19.8 Å². The molecule has 2 aromatic heterocycles. The summed E-state index contributed by atoms with van der Waals surface area (Å²) in [6, 6.07) is 10.1. The molecule has 32 heavy (non-hydrogen) atoms. The molecule has 0 unspecified atom stereocenters. The van der Waals surface area contributed by atoms with E-state index in [-0.39, 0.29) is 24.0 Å². The minimum atomic E-state index is 0. The zero-order chi connectivity index (χ0) is 21.9. The Labute approximate surface area is 206 Å². The van der Waals surface area contributed by atoms with Crippen LogP contribution >= 0.6 is 24.0 Å². The molecule has 9 heteroatoms. The predicted molar refractivity (Wildman–Crippen MR) is 137 cm³/mol. The van der Waals surface area contributed by atoms with E-state index in [4.69, 9.17) is 9.47 Å². The van der Waals surface area contributed by atoms with Gasteiger partial charge in [0.2, 0.25) is 0 Å². The smallest absolute Gasteiger partial charge is 0.191 e. The molecule has 8 nitrogen and oxygen atoms in total. The lowest BCUT2D eigenvalue weighted by Gasteiger charge is -2.14. The molecule has 0 fully saturated rings. The molecule has 0 saturated heterocycles. The summed E-state index contributed by atoms with van der Waals surface area (Å²) < 4.78 is 13.2. The van der Waals surface area contributed by atoms with Crippen molar-refractivity contribution in [3.8, 4) is 17.3 Å². The molecule has 2 N–H and O–H groups in total. The Bertz CT molecular complexity index is 978. The van der Waals surface area contributed by atoms with Gasteiger partial charge in [-0.25, -0.2) is 9.97 Å². The second kappa shape index (κ2) is 13.6. The monoisotopic (exact) mass is 550 g/mol. The summed E-state index contributed by atoms with van der Waals surface area (Å²) in [5.74, 6) is 3.15. The fourth-order valence-electron chi connectivity index (χ4n) is 3.09. The Balaban J connectivity index is 0.00000363. The predicted octanol–water partition coefficient (Wildman–Crippen LogP) is 3.59. The van der Waals surface area contributed by atoms with Crippen molar-refractivity contribution < 1.29 is 9.47 Å². The number of nitrogens with one attached hydrogen (secondary N) is 2. The molecule has 1 aromatic carbocycles. The van der Waals surface area contributed by atoms with E-state index < -0.39 is 0 Å². The molecular formula is C23H31IN6O2. The lowest BCUT2D eigenvalue weighted by Crippen LogP contribution is -2.37. The molecule has 3 aromatic rings. The van der Waals surface area contributed by atoms with Gasteiger partial charge in [-0.2, -0.15) is 0 Å². The van der Waals surface area contributed by atoms with Crippen LogP contribution < -0.4 is 20.1 Å². The maximum Gasteiger partial charge on any atom is 0.191 e. The average Bonchev–Trinajstić information content (AvgIpc) is 3.33. The molecule has 0 bridgehead atoms. The number of pyridine rings is 1. The second-order valence-electron chi connectivity index (χ2n) is 6.74. The van der Waals surface area contributed by atoms with Crippen LogP contribution in [0.25, 0.3) is 5.82 Å². The van der Waals surface area contributed by atoms with Crippen molar-refractivity contribution in [1.82, 2.24) is 25.2 Å². The molecule has 0 spiro atoms. The zero-order valence-electron chi connectivity index (χ0n) is 18.7. The third-order valence-electron chi connectivity index (χ3n) is 4.58. The van der Waals surface area contributed by atoms with Crippen LogP contribution in [0.4, 0.5) is 0 Å². The molecule has 0 radical (unpaired) electrons. The number of rotatable bonds is 10. The lowest BCUT2D eigenvalue weighted by molar-refractivity contribution is 0.287. The Hall–Kier alpha value is -2.82. The van der Waals surface area contributed by atoms with Crippen LogP contribution in [-0.2, 0) is 13.0 Å². The minimum absolute atomic E-state index is 0. The number of aromatic nitrogens is 3. The van der Waals surface area contributed by atoms with Crippen molar-refractivity contribution in [2.24, 2.45) is 4.99 Å². The maximum atomic E-state index is 5.71. The van der Waals surface area contributed by atoms with E-state index in [1.807, 2.05) is 48.9 Å². The van der Waals surface area contributed by atoms with Gasteiger partial charge < -0.3 is 20.1 Å². The Morgan fingerprint density at radius 1 is 1.00 bits per heavy atom.